The minimum atomic E-state index is 0.601. The van der Waals surface area contributed by atoms with Crippen molar-refractivity contribution >= 4 is 0 Å². The Kier molecular flexibility index (Phi) is 1.24. The van der Waals surface area contributed by atoms with E-state index in [-0.39, 0.29) is 0 Å². The third kappa shape index (κ3) is 1.10. The zero-order chi connectivity index (χ0) is 6.16. The Morgan fingerprint density at radius 3 is 2.78 bits per heavy atom. The van der Waals surface area contributed by atoms with Crippen molar-refractivity contribution in [3.05, 3.63) is 0 Å². The third-order valence-electron chi connectivity index (χ3n) is 2.47. The van der Waals surface area contributed by atoms with Crippen LogP contribution in [-0.4, -0.2) is 25.2 Å². The van der Waals surface area contributed by atoms with Crippen LogP contribution in [0.1, 0.15) is 19.3 Å². The lowest BCUT2D eigenvalue weighted by molar-refractivity contribution is 0.557. The minimum absolute atomic E-state index is 0.601. The highest BCUT2D eigenvalue weighted by Crippen LogP contribution is 2.27. The maximum absolute atomic E-state index is 3.45. The molecule has 2 heterocycles. The van der Waals surface area contributed by atoms with Crippen LogP contribution < -0.4 is 10.6 Å². The molecule has 2 nitrogen and oxygen atoms in total. The van der Waals surface area contributed by atoms with Crippen LogP contribution in [0.25, 0.3) is 0 Å². The summed E-state index contributed by atoms with van der Waals surface area (Å²) >= 11 is 0. The predicted octanol–water partition coefficient (Wildman–Crippen LogP) is 0.102. The smallest absolute Gasteiger partial charge is 0.0319 e. The van der Waals surface area contributed by atoms with E-state index in [1.807, 2.05) is 0 Å². The largest absolute Gasteiger partial charge is 0.317 e. The van der Waals surface area contributed by atoms with Crippen LogP contribution in [0.15, 0.2) is 0 Å². The van der Waals surface area contributed by atoms with Crippen molar-refractivity contribution in [3.63, 3.8) is 0 Å². The van der Waals surface area contributed by atoms with Gasteiger partial charge >= 0.3 is 0 Å². The van der Waals surface area contributed by atoms with Gasteiger partial charge in [-0.05, 0) is 32.4 Å². The van der Waals surface area contributed by atoms with Gasteiger partial charge in [0.1, 0.15) is 0 Å². The Bertz CT molecular complexity index is 97.5. The summed E-state index contributed by atoms with van der Waals surface area (Å²) in [7, 11) is 0. The van der Waals surface area contributed by atoms with E-state index in [4.69, 9.17) is 0 Å². The van der Waals surface area contributed by atoms with E-state index in [9.17, 15) is 0 Å². The summed E-state index contributed by atoms with van der Waals surface area (Å²) in [5, 5.41) is 6.85. The Morgan fingerprint density at radius 1 is 1.11 bits per heavy atom. The summed E-state index contributed by atoms with van der Waals surface area (Å²) in [6.07, 6.45) is 4.08. The second-order valence-electron chi connectivity index (χ2n) is 3.24. The summed E-state index contributed by atoms with van der Waals surface area (Å²) < 4.78 is 0. The van der Waals surface area contributed by atoms with Gasteiger partial charge in [-0.2, -0.15) is 0 Å². The predicted molar refractivity (Wildman–Crippen MR) is 37.5 cm³/mol. The second kappa shape index (κ2) is 1.96. The molecule has 0 radical (unpaired) electrons. The fourth-order valence-corrected chi connectivity index (χ4v) is 1.61. The summed E-state index contributed by atoms with van der Waals surface area (Å²) in [4.78, 5) is 0. The molecule has 2 N–H and O–H groups in total. The Balaban J connectivity index is 1.92. The molecule has 1 atom stereocenters. The van der Waals surface area contributed by atoms with Crippen LogP contribution in [0, 0.1) is 0 Å². The zero-order valence-corrected chi connectivity index (χ0v) is 5.74. The van der Waals surface area contributed by atoms with Gasteiger partial charge in [-0.25, -0.2) is 0 Å². The highest BCUT2D eigenvalue weighted by atomic mass is 15.2. The van der Waals surface area contributed by atoms with Crippen LogP contribution in [0.4, 0.5) is 0 Å². The van der Waals surface area contributed by atoms with Gasteiger partial charge < -0.3 is 10.6 Å². The average molecular weight is 126 g/mol. The van der Waals surface area contributed by atoms with Crippen LogP contribution in [-0.2, 0) is 0 Å². The lowest BCUT2D eigenvalue weighted by atomic mass is 10.0. The quantitative estimate of drug-likeness (QED) is 0.451. The molecule has 0 bridgehead atoms. The maximum atomic E-state index is 3.45. The molecule has 2 fully saturated rings. The highest BCUT2D eigenvalue weighted by Gasteiger charge is 2.41. The van der Waals surface area contributed by atoms with Crippen molar-refractivity contribution in [3.8, 4) is 0 Å². The number of hydrogen-bond acceptors (Lipinski definition) is 2. The van der Waals surface area contributed by atoms with Crippen LogP contribution in [0.2, 0.25) is 0 Å². The molecule has 2 rings (SSSR count). The van der Waals surface area contributed by atoms with Gasteiger partial charge in [-0.15, -0.1) is 0 Å². The van der Waals surface area contributed by atoms with Gasteiger partial charge in [0.25, 0.3) is 0 Å². The van der Waals surface area contributed by atoms with E-state index in [0.29, 0.717) is 5.54 Å². The first kappa shape index (κ1) is 5.69. The Labute approximate surface area is 56.0 Å². The topological polar surface area (TPSA) is 34.0 Å². The summed E-state index contributed by atoms with van der Waals surface area (Å²) in [6, 6.07) is 0. The molecule has 1 spiro atoms. The van der Waals surface area contributed by atoms with Crippen molar-refractivity contribution in [2.24, 2.45) is 0 Å². The molecule has 2 aliphatic rings. The first-order valence-electron chi connectivity index (χ1n) is 3.87. The normalized spacial score (nSPS) is 42.7. The molecule has 2 aliphatic heterocycles. The van der Waals surface area contributed by atoms with E-state index < -0.39 is 0 Å². The lowest BCUT2D eigenvalue weighted by Gasteiger charge is -2.05. The van der Waals surface area contributed by atoms with Crippen LogP contribution >= 0.6 is 0 Å². The molecular weight excluding hydrogens is 112 g/mol. The molecule has 0 aliphatic carbocycles. The van der Waals surface area contributed by atoms with Crippen molar-refractivity contribution in [1.82, 2.24) is 10.6 Å². The van der Waals surface area contributed by atoms with Gasteiger partial charge in [0.2, 0.25) is 0 Å². The molecule has 2 heteroatoms. The molecule has 1 unspecified atom stereocenters. The van der Waals surface area contributed by atoms with Gasteiger partial charge in [0.15, 0.2) is 0 Å². The molecule has 0 aromatic rings. The molecule has 9 heavy (non-hydrogen) atoms. The van der Waals surface area contributed by atoms with Gasteiger partial charge in [-0.3, -0.25) is 0 Å². The second-order valence-corrected chi connectivity index (χ2v) is 3.24. The van der Waals surface area contributed by atoms with Crippen molar-refractivity contribution < 1.29 is 0 Å². The average Bonchev–Trinajstić information content (AvgIpc) is 2.64. The summed E-state index contributed by atoms with van der Waals surface area (Å²) in [5.74, 6) is 0. The van der Waals surface area contributed by atoms with Crippen molar-refractivity contribution in [2.75, 3.05) is 19.6 Å². The standard InChI is InChI=1S/C7H14N2/c1-2-7(6-9-7)3-5-8-4-1/h8-9H,1-6H2. The maximum Gasteiger partial charge on any atom is 0.0319 e. The number of hydrogen-bond donors (Lipinski definition) is 2. The van der Waals surface area contributed by atoms with E-state index in [2.05, 4.69) is 10.6 Å². The fraction of sp³-hybridized carbons (Fsp3) is 1.00. The summed E-state index contributed by atoms with van der Waals surface area (Å²) in [5.41, 5.74) is 0.601. The molecular formula is C7H14N2. The first-order valence-corrected chi connectivity index (χ1v) is 3.87. The van der Waals surface area contributed by atoms with Crippen molar-refractivity contribution in [2.45, 2.75) is 24.8 Å². The molecule has 0 aromatic carbocycles. The molecule has 2 saturated heterocycles. The zero-order valence-electron chi connectivity index (χ0n) is 5.74. The van der Waals surface area contributed by atoms with Gasteiger partial charge in [0, 0.05) is 12.1 Å². The van der Waals surface area contributed by atoms with Gasteiger partial charge in [-0.1, -0.05) is 0 Å². The van der Waals surface area contributed by atoms with E-state index in [1.54, 1.807) is 0 Å². The highest BCUT2D eigenvalue weighted by molar-refractivity contribution is 5.04. The van der Waals surface area contributed by atoms with Gasteiger partial charge in [0.05, 0.1) is 0 Å². The van der Waals surface area contributed by atoms with E-state index >= 15 is 0 Å². The number of rotatable bonds is 0. The fourth-order valence-electron chi connectivity index (χ4n) is 1.61. The molecule has 0 saturated carbocycles. The lowest BCUT2D eigenvalue weighted by Crippen LogP contribution is -2.18. The van der Waals surface area contributed by atoms with Crippen LogP contribution in [0.5, 0.6) is 0 Å². The monoisotopic (exact) mass is 126 g/mol. The van der Waals surface area contributed by atoms with E-state index in [0.717, 1.165) is 0 Å². The Morgan fingerprint density at radius 2 is 2.00 bits per heavy atom. The summed E-state index contributed by atoms with van der Waals surface area (Å²) in [6.45, 7) is 3.71. The number of nitrogens with one attached hydrogen (secondary N) is 2. The van der Waals surface area contributed by atoms with Crippen LogP contribution in [0.3, 0.4) is 0 Å². The SMILES string of the molecule is C1CNCCC2(C1)CN2. The van der Waals surface area contributed by atoms with Crippen molar-refractivity contribution in [1.29, 1.82) is 0 Å². The third-order valence-corrected chi connectivity index (χ3v) is 2.47. The molecule has 0 amide bonds. The Hall–Kier alpha value is -0.0800. The molecule has 52 valence electrons. The minimum Gasteiger partial charge on any atom is -0.317 e. The first-order chi connectivity index (χ1) is 4.41. The molecule has 0 aromatic heterocycles. The van der Waals surface area contributed by atoms with E-state index in [1.165, 1.54) is 38.9 Å².